The number of hydrogen-bond acceptors (Lipinski definition) is 6. The van der Waals surface area contributed by atoms with Crippen LogP contribution in [0.2, 0.25) is 15.5 Å². The summed E-state index contributed by atoms with van der Waals surface area (Å²) in [7, 11) is 0. The van der Waals surface area contributed by atoms with Gasteiger partial charge in [-0.25, -0.2) is 15.0 Å². The number of anilines is 1. The summed E-state index contributed by atoms with van der Waals surface area (Å²) in [5.41, 5.74) is -0.870. The predicted molar refractivity (Wildman–Crippen MR) is 75.9 cm³/mol. The highest BCUT2D eigenvalue weighted by atomic mass is 35.5. The van der Waals surface area contributed by atoms with E-state index in [9.17, 15) is 14.9 Å². The van der Waals surface area contributed by atoms with Crippen molar-refractivity contribution in [2.24, 2.45) is 0 Å². The molecule has 0 saturated carbocycles. The van der Waals surface area contributed by atoms with Crippen molar-refractivity contribution in [1.29, 1.82) is 0 Å². The predicted octanol–water partition coefficient (Wildman–Crippen LogP) is 2.99. The van der Waals surface area contributed by atoms with Gasteiger partial charge in [0.05, 0.1) is 4.92 Å². The molecule has 0 fully saturated rings. The van der Waals surface area contributed by atoms with E-state index in [-0.39, 0.29) is 26.7 Å². The lowest BCUT2D eigenvalue weighted by molar-refractivity contribution is -0.385. The van der Waals surface area contributed by atoms with Crippen LogP contribution in [0.5, 0.6) is 0 Å². The molecule has 0 saturated heterocycles. The molecule has 8 nitrogen and oxygen atoms in total. The number of carbonyl (C=O) groups excluding carboxylic acids is 1. The van der Waals surface area contributed by atoms with Gasteiger partial charge in [0.1, 0.15) is 28.9 Å². The second kappa shape index (κ2) is 6.17. The Hall–Kier alpha value is -2.03. The third-order valence-electron chi connectivity index (χ3n) is 2.28. The van der Waals surface area contributed by atoms with Gasteiger partial charge in [0.2, 0.25) is 0 Å². The SMILES string of the molecule is O=C(Nc1c(Cl)ncnc1Cl)c1cc(Cl)ncc1[N+](=O)[O-]. The minimum absolute atomic E-state index is 0.0620. The fourth-order valence-electron chi connectivity index (χ4n) is 1.38. The van der Waals surface area contributed by atoms with Crippen molar-refractivity contribution < 1.29 is 9.72 Å². The van der Waals surface area contributed by atoms with Crippen LogP contribution in [0, 0.1) is 10.1 Å². The number of aromatic nitrogens is 3. The highest BCUT2D eigenvalue weighted by Gasteiger charge is 2.23. The number of amides is 1. The molecule has 0 radical (unpaired) electrons. The van der Waals surface area contributed by atoms with Crippen LogP contribution in [0.15, 0.2) is 18.6 Å². The van der Waals surface area contributed by atoms with Crippen LogP contribution in [-0.2, 0) is 0 Å². The molecule has 2 aromatic heterocycles. The monoisotopic (exact) mass is 347 g/mol. The quantitative estimate of drug-likeness (QED) is 0.395. The van der Waals surface area contributed by atoms with Gasteiger partial charge in [-0.2, -0.15) is 0 Å². The molecule has 0 aromatic carbocycles. The van der Waals surface area contributed by atoms with E-state index in [1.165, 1.54) is 0 Å². The van der Waals surface area contributed by atoms with Crippen LogP contribution in [0.1, 0.15) is 10.4 Å². The molecule has 21 heavy (non-hydrogen) atoms. The van der Waals surface area contributed by atoms with Crippen molar-refractivity contribution >= 4 is 52.1 Å². The zero-order chi connectivity index (χ0) is 15.6. The summed E-state index contributed by atoms with van der Waals surface area (Å²) in [6, 6.07) is 1.06. The van der Waals surface area contributed by atoms with E-state index in [1.54, 1.807) is 0 Å². The standard InChI is InChI=1S/C10H4Cl3N5O3/c11-6-1-4(5(2-14-6)18(20)21)10(19)17-7-8(12)15-3-16-9(7)13/h1-3H,(H,17,19). The van der Waals surface area contributed by atoms with Crippen LogP contribution in [-0.4, -0.2) is 25.8 Å². The highest BCUT2D eigenvalue weighted by molar-refractivity contribution is 6.38. The number of halogens is 3. The van der Waals surface area contributed by atoms with Crippen LogP contribution in [0.4, 0.5) is 11.4 Å². The molecule has 11 heteroatoms. The molecule has 2 rings (SSSR count). The molecule has 0 unspecified atom stereocenters. The summed E-state index contributed by atoms with van der Waals surface area (Å²) in [6.45, 7) is 0. The number of nitro groups is 1. The zero-order valence-corrected chi connectivity index (χ0v) is 12.1. The second-order valence-electron chi connectivity index (χ2n) is 3.57. The third-order valence-corrected chi connectivity index (χ3v) is 3.06. The van der Waals surface area contributed by atoms with Gasteiger partial charge in [-0.1, -0.05) is 34.8 Å². The fraction of sp³-hybridized carbons (Fsp3) is 0. The lowest BCUT2D eigenvalue weighted by atomic mass is 10.2. The average Bonchev–Trinajstić information content (AvgIpc) is 2.42. The summed E-state index contributed by atoms with van der Waals surface area (Å²) in [6.07, 6.45) is 1.98. The molecule has 0 bridgehead atoms. The van der Waals surface area contributed by atoms with Crippen molar-refractivity contribution in [3.8, 4) is 0 Å². The van der Waals surface area contributed by atoms with Gasteiger partial charge in [-0.3, -0.25) is 14.9 Å². The molecule has 0 aliphatic carbocycles. The van der Waals surface area contributed by atoms with E-state index in [0.29, 0.717) is 0 Å². The molecule has 2 aromatic rings. The van der Waals surface area contributed by atoms with Gasteiger partial charge in [0, 0.05) is 0 Å². The Kier molecular flexibility index (Phi) is 4.51. The Morgan fingerprint density at radius 2 is 1.81 bits per heavy atom. The van der Waals surface area contributed by atoms with Crippen molar-refractivity contribution in [3.05, 3.63) is 49.7 Å². The summed E-state index contributed by atoms with van der Waals surface area (Å²) in [5.74, 6) is -0.843. The lowest BCUT2D eigenvalue weighted by Gasteiger charge is -2.08. The van der Waals surface area contributed by atoms with Crippen molar-refractivity contribution in [2.45, 2.75) is 0 Å². The fourth-order valence-corrected chi connectivity index (χ4v) is 1.95. The van der Waals surface area contributed by atoms with Crippen LogP contribution < -0.4 is 5.32 Å². The topological polar surface area (TPSA) is 111 Å². The van der Waals surface area contributed by atoms with Gasteiger partial charge in [0.15, 0.2) is 10.3 Å². The first-order valence-corrected chi connectivity index (χ1v) is 6.31. The number of nitrogens with one attached hydrogen (secondary N) is 1. The Morgan fingerprint density at radius 1 is 1.19 bits per heavy atom. The normalized spacial score (nSPS) is 10.2. The maximum absolute atomic E-state index is 12.1. The first-order chi connectivity index (χ1) is 9.90. The summed E-state index contributed by atoms with van der Waals surface area (Å²) in [5, 5.41) is 12.9. The molecule has 1 N–H and O–H groups in total. The van der Waals surface area contributed by atoms with Crippen LogP contribution in [0.3, 0.4) is 0 Å². The Balaban J connectivity index is 2.41. The Morgan fingerprint density at radius 3 is 2.38 bits per heavy atom. The van der Waals surface area contributed by atoms with E-state index in [1.807, 2.05) is 0 Å². The maximum atomic E-state index is 12.1. The van der Waals surface area contributed by atoms with Crippen molar-refractivity contribution in [3.63, 3.8) is 0 Å². The molecule has 0 spiro atoms. The van der Waals surface area contributed by atoms with Gasteiger partial charge in [-0.05, 0) is 6.07 Å². The maximum Gasteiger partial charge on any atom is 0.300 e. The largest absolute Gasteiger partial charge is 0.317 e. The van der Waals surface area contributed by atoms with E-state index >= 15 is 0 Å². The lowest BCUT2D eigenvalue weighted by Crippen LogP contribution is -2.15. The second-order valence-corrected chi connectivity index (χ2v) is 4.67. The number of nitrogens with zero attached hydrogens (tertiary/aromatic N) is 4. The average molecular weight is 349 g/mol. The molecule has 108 valence electrons. The summed E-state index contributed by atoms with van der Waals surface area (Å²) >= 11 is 17.2. The van der Waals surface area contributed by atoms with Gasteiger partial charge < -0.3 is 5.32 Å². The zero-order valence-electron chi connectivity index (χ0n) is 9.88. The molecule has 0 aliphatic rings. The van der Waals surface area contributed by atoms with Crippen LogP contribution in [0.25, 0.3) is 0 Å². The number of pyridine rings is 1. The number of hydrogen-bond donors (Lipinski definition) is 1. The summed E-state index contributed by atoms with van der Waals surface area (Å²) in [4.78, 5) is 33.1. The molecule has 1 amide bonds. The van der Waals surface area contributed by atoms with Gasteiger partial charge >= 0.3 is 0 Å². The van der Waals surface area contributed by atoms with Crippen LogP contribution >= 0.6 is 34.8 Å². The minimum atomic E-state index is -0.843. The minimum Gasteiger partial charge on any atom is -0.317 e. The Labute approximate surface area is 132 Å². The van der Waals surface area contributed by atoms with E-state index in [4.69, 9.17) is 34.8 Å². The Bertz CT molecular complexity index is 720. The molecule has 2 heterocycles. The number of rotatable bonds is 3. The highest BCUT2D eigenvalue weighted by Crippen LogP contribution is 2.28. The van der Waals surface area contributed by atoms with Crippen molar-refractivity contribution in [2.75, 3.05) is 5.32 Å². The summed E-state index contributed by atoms with van der Waals surface area (Å²) < 4.78 is 0. The molecule has 0 atom stereocenters. The van der Waals surface area contributed by atoms with Gasteiger partial charge in [0.25, 0.3) is 11.6 Å². The van der Waals surface area contributed by atoms with E-state index in [2.05, 4.69) is 20.3 Å². The van der Waals surface area contributed by atoms with E-state index in [0.717, 1.165) is 18.6 Å². The molecule has 0 aliphatic heterocycles. The third kappa shape index (κ3) is 3.35. The number of carbonyl (C=O) groups is 1. The molecular formula is C10H4Cl3N5O3. The smallest absolute Gasteiger partial charge is 0.300 e. The first kappa shape index (κ1) is 15.4. The van der Waals surface area contributed by atoms with Gasteiger partial charge in [-0.15, -0.1) is 0 Å². The molecular weight excluding hydrogens is 345 g/mol. The van der Waals surface area contributed by atoms with Crippen molar-refractivity contribution in [1.82, 2.24) is 15.0 Å². The first-order valence-electron chi connectivity index (χ1n) is 5.17. The van der Waals surface area contributed by atoms with E-state index < -0.39 is 16.5 Å².